The fourth-order valence-corrected chi connectivity index (χ4v) is 4.91. The zero-order valence-corrected chi connectivity index (χ0v) is 17.8. The van der Waals surface area contributed by atoms with Crippen LogP contribution in [0.25, 0.3) is 10.2 Å². The number of likely N-dealkylation sites (tertiary alicyclic amines) is 1. The third kappa shape index (κ3) is 4.33. The molecule has 3 aromatic rings. The Balaban J connectivity index is 1.63. The maximum Gasteiger partial charge on any atom is 0.387 e. The molecule has 11 heteroatoms. The number of ether oxygens (including phenoxy) is 2. The van der Waals surface area contributed by atoms with E-state index < -0.39 is 28.9 Å². The number of hydrogen-bond donors (Lipinski definition) is 0. The van der Waals surface area contributed by atoms with Crippen molar-refractivity contribution in [1.82, 2.24) is 9.88 Å². The topological polar surface area (TPSA) is 94.8 Å². The number of carbonyl (C=O) groups is 1. The number of para-hydroxylation sites is 1. The minimum atomic E-state index is -3.19. The Bertz CT molecular complexity index is 1140. The molecule has 4 rings (SSSR count). The summed E-state index contributed by atoms with van der Waals surface area (Å²) >= 11 is 1.57. The van der Waals surface area contributed by atoms with E-state index >= 15 is 0 Å². The van der Waals surface area contributed by atoms with Crippen LogP contribution in [0.2, 0.25) is 0 Å². The van der Waals surface area contributed by atoms with Crippen molar-refractivity contribution in [2.24, 2.45) is 0 Å². The summed E-state index contributed by atoms with van der Waals surface area (Å²) in [6.45, 7) is -2.41. The molecule has 1 aromatic heterocycles. The number of hydrogen-bond acceptors (Lipinski definition) is 7. The predicted molar refractivity (Wildman–Crippen MR) is 114 cm³/mol. The molecule has 0 bridgehead atoms. The minimum Gasteiger partial charge on any atom is -0.493 e. The van der Waals surface area contributed by atoms with Crippen molar-refractivity contribution >= 4 is 33.1 Å². The smallest absolute Gasteiger partial charge is 0.387 e. The van der Waals surface area contributed by atoms with Gasteiger partial charge >= 0.3 is 6.61 Å². The van der Waals surface area contributed by atoms with Gasteiger partial charge in [-0.2, -0.15) is 8.78 Å². The average molecular weight is 463 g/mol. The first-order chi connectivity index (χ1) is 15.4. The Morgan fingerprint density at radius 3 is 2.78 bits per heavy atom. The van der Waals surface area contributed by atoms with Gasteiger partial charge in [0.25, 0.3) is 11.6 Å². The van der Waals surface area contributed by atoms with E-state index in [1.807, 2.05) is 24.3 Å². The van der Waals surface area contributed by atoms with Gasteiger partial charge in [0.05, 0.1) is 33.3 Å². The summed E-state index contributed by atoms with van der Waals surface area (Å²) in [5.74, 6) is -1.24. The highest BCUT2D eigenvalue weighted by Crippen LogP contribution is 2.38. The van der Waals surface area contributed by atoms with Gasteiger partial charge in [-0.25, -0.2) is 4.98 Å². The van der Waals surface area contributed by atoms with Gasteiger partial charge in [0, 0.05) is 25.1 Å². The van der Waals surface area contributed by atoms with Gasteiger partial charge in [0.1, 0.15) is 5.56 Å². The number of thiazole rings is 1. The first kappa shape index (κ1) is 21.9. The number of halogens is 2. The van der Waals surface area contributed by atoms with Crippen LogP contribution < -0.4 is 9.47 Å². The number of nitro benzene ring substituents is 1. The van der Waals surface area contributed by atoms with Gasteiger partial charge in [-0.05, 0) is 25.0 Å². The van der Waals surface area contributed by atoms with Crippen molar-refractivity contribution in [3.8, 4) is 11.5 Å². The normalized spacial score (nSPS) is 16.4. The van der Waals surface area contributed by atoms with Crippen molar-refractivity contribution in [2.75, 3.05) is 20.2 Å². The molecule has 2 aromatic carbocycles. The van der Waals surface area contributed by atoms with Crippen LogP contribution in [0, 0.1) is 10.1 Å². The fourth-order valence-electron chi connectivity index (χ4n) is 3.82. The van der Waals surface area contributed by atoms with E-state index in [-0.39, 0.29) is 17.2 Å². The third-order valence-electron chi connectivity index (χ3n) is 5.29. The van der Waals surface area contributed by atoms with E-state index in [4.69, 9.17) is 4.74 Å². The molecule has 0 radical (unpaired) electrons. The van der Waals surface area contributed by atoms with E-state index in [1.165, 1.54) is 12.0 Å². The average Bonchev–Trinajstić information content (AvgIpc) is 3.22. The number of rotatable bonds is 6. The molecule has 0 N–H and O–H groups in total. The quantitative estimate of drug-likeness (QED) is 0.384. The summed E-state index contributed by atoms with van der Waals surface area (Å²) < 4.78 is 35.7. The fraction of sp³-hybridized carbons (Fsp3) is 0.333. The molecule has 8 nitrogen and oxygen atoms in total. The second-order valence-electron chi connectivity index (χ2n) is 7.27. The summed E-state index contributed by atoms with van der Waals surface area (Å²) in [6, 6.07) is 9.65. The van der Waals surface area contributed by atoms with Crippen molar-refractivity contribution in [3.63, 3.8) is 0 Å². The van der Waals surface area contributed by atoms with E-state index in [2.05, 4.69) is 9.72 Å². The molecule has 2 heterocycles. The summed E-state index contributed by atoms with van der Waals surface area (Å²) in [7, 11) is 1.21. The van der Waals surface area contributed by atoms with Crippen LogP contribution >= 0.6 is 11.3 Å². The molecule has 0 spiro atoms. The number of nitro groups is 1. The number of alkyl halides is 2. The first-order valence-electron chi connectivity index (χ1n) is 9.83. The van der Waals surface area contributed by atoms with Gasteiger partial charge in [-0.1, -0.05) is 12.1 Å². The molecule has 0 unspecified atom stereocenters. The standard InChI is InChI=1S/C21H19F2N3O5S/c1-30-16-9-13(15(26(28)29)10-17(16)31-21(22)23)20(27)25-8-4-5-12(11-25)19-24-14-6-2-3-7-18(14)32-19/h2-3,6-7,9-10,12,21H,4-5,8,11H2,1H3/t12-/m1/s1. The largest absolute Gasteiger partial charge is 0.493 e. The monoisotopic (exact) mass is 463 g/mol. The Morgan fingerprint density at radius 2 is 2.09 bits per heavy atom. The summed E-state index contributed by atoms with van der Waals surface area (Å²) in [4.78, 5) is 30.2. The molecule has 168 valence electrons. The third-order valence-corrected chi connectivity index (χ3v) is 6.49. The van der Waals surface area contributed by atoms with E-state index in [0.29, 0.717) is 19.5 Å². The van der Waals surface area contributed by atoms with Crippen LogP contribution in [0.5, 0.6) is 11.5 Å². The number of nitrogens with zero attached hydrogens (tertiary/aromatic N) is 3. The lowest BCUT2D eigenvalue weighted by Crippen LogP contribution is -2.39. The molecule has 1 amide bonds. The first-order valence-corrected chi connectivity index (χ1v) is 10.6. The van der Waals surface area contributed by atoms with Crippen LogP contribution in [0.1, 0.15) is 34.1 Å². The van der Waals surface area contributed by atoms with Crippen LogP contribution in [0.4, 0.5) is 14.5 Å². The lowest BCUT2D eigenvalue weighted by Gasteiger charge is -2.31. The van der Waals surface area contributed by atoms with Crippen LogP contribution in [0.15, 0.2) is 36.4 Å². The second kappa shape index (κ2) is 9.03. The van der Waals surface area contributed by atoms with Crippen LogP contribution in [-0.2, 0) is 0 Å². The molecule has 32 heavy (non-hydrogen) atoms. The van der Waals surface area contributed by atoms with Crippen LogP contribution in [-0.4, -0.2) is 47.5 Å². The van der Waals surface area contributed by atoms with Gasteiger partial charge in [-0.3, -0.25) is 14.9 Å². The molecule has 1 fully saturated rings. The number of methoxy groups -OCH3 is 1. The number of amides is 1. The molecule has 1 saturated heterocycles. The molecule has 1 atom stereocenters. The number of carbonyl (C=O) groups excluding carboxylic acids is 1. The van der Waals surface area contributed by atoms with E-state index in [9.17, 15) is 23.7 Å². The Hall–Kier alpha value is -3.34. The molecule has 0 aliphatic carbocycles. The zero-order chi connectivity index (χ0) is 22.8. The molecular weight excluding hydrogens is 444 g/mol. The number of benzene rings is 2. The van der Waals surface area contributed by atoms with Gasteiger partial charge in [0.2, 0.25) is 0 Å². The number of fused-ring (bicyclic) bond motifs is 1. The number of piperidine rings is 1. The lowest BCUT2D eigenvalue weighted by atomic mass is 9.97. The minimum absolute atomic E-state index is 0.00694. The number of aromatic nitrogens is 1. The molecule has 1 aliphatic rings. The van der Waals surface area contributed by atoms with E-state index in [0.717, 1.165) is 33.8 Å². The Morgan fingerprint density at radius 1 is 1.31 bits per heavy atom. The molecular formula is C21H19F2N3O5S. The van der Waals surface area contributed by atoms with Crippen LogP contribution in [0.3, 0.4) is 0 Å². The Labute approximate surface area is 185 Å². The van der Waals surface area contributed by atoms with Crippen molar-refractivity contribution in [1.29, 1.82) is 0 Å². The molecule has 0 saturated carbocycles. The zero-order valence-electron chi connectivity index (χ0n) is 17.0. The maximum atomic E-state index is 13.2. The Kier molecular flexibility index (Phi) is 6.17. The highest BCUT2D eigenvalue weighted by atomic mass is 32.1. The SMILES string of the molecule is COc1cc(C(=O)N2CCC[C@@H](c3nc4ccccc4s3)C2)c([N+](=O)[O-])cc1OC(F)F. The molecule has 1 aliphatic heterocycles. The van der Waals surface area contributed by atoms with Crippen molar-refractivity contribution in [2.45, 2.75) is 25.4 Å². The highest BCUT2D eigenvalue weighted by Gasteiger charge is 2.32. The summed E-state index contributed by atoms with van der Waals surface area (Å²) in [5.41, 5.74) is 0.0397. The van der Waals surface area contributed by atoms with Crippen molar-refractivity contribution < 1.29 is 28.0 Å². The van der Waals surface area contributed by atoms with Crippen molar-refractivity contribution in [3.05, 3.63) is 57.1 Å². The summed E-state index contributed by atoms with van der Waals surface area (Å²) in [6.07, 6.45) is 1.56. The van der Waals surface area contributed by atoms with E-state index in [1.54, 1.807) is 11.3 Å². The van der Waals surface area contributed by atoms with Gasteiger partial charge in [0.15, 0.2) is 11.5 Å². The highest BCUT2D eigenvalue weighted by molar-refractivity contribution is 7.18. The predicted octanol–water partition coefficient (Wildman–Crippen LogP) is 4.83. The van der Waals surface area contributed by atoms with Gasteiger partial charge in [-0.15, -0.1) is 11.3 Å². The van der Waals surface area contributed by atoms with Gasteiger partial charge < -0.3 is 14.4 Å². The summed E-state index contributed by atoms with van der Waals surface area (Å²) in [5, 5.41) is 12.5. The maximum absolute atomic E-state index is 13.2. The lowest BCUT2D eigenvalue weighted by molar-refractivity contribution is -0.385. The second-order valence-corrected chi connectivity index (χ2v) is 8.33.